The van der Waals surface area contributed by atoms with E-state index in [2.05, 4.69) is 15.0 Å². The monoisotopic (exact) mass is 431 g/mol. The van der Waals surface area contributed by atoms with Crippen molar-refractivity contribution in [3.05, 3.63) is 36.4 Å². The highest BCUT2D eigenvalue weighted by Crippen LogP contribution is 2.48. The molecule has 0 spiro atoms. The first-order valence-electron chi connectivity index (χ1n) is 9.69. The second kappa shape index (κ2) is 7.93. The summed E-state index contributed by atoms with van der Waals surface area (Å²) < 4.78 is 18.4. The molecule has 31 heavy (non-hydrogen) atoms. The van der Waals surface area contributed by atoms with Crippen LogP contribution in [0.4, 0.5) is 5.82 Å². The average Bonchev–Trinajstić information content (AvgIpc) is 3.34. The number of fused-ring (bicyclic) bond motifs is 1. The zero-order valence-electron chi connectivity index (χ0n) is 17.3. The van der Waals surface area contributed by atoms with E-state index < -0.39 is 36.6 Å². The fraction of sp³-hybridized carbons (Fsp3) is 0.450. The molecule has 3 aromatic rings. The van der Waals surface area contributed by atoms with Crippen molar-refractivity contribution in [3.8, 4) is 11.5 Å². The van der Waals surface area contributed by atoms with E-state index in [1.165, 1.54) is 31.4 Å². The van der Waals surface area contributed by atoms with E-state index >= 15 is 0 Å². The summed E-state index contributed by atoms with van der Waals surface area (Å²) in [5.74, 6) is 0.657. The zero-order valence-corrected chi connectivity index (χ0v) is 17.3. The summed E-state index contributed by atoms with van der Waals surface area (Å²) in [5.41, 5.74) is 5.76. The lowest BCUT2D eigenvalue weighted by molar-refractivity contribution is -0.159. The Labute approximate surface area is 178 Å². The number of hydrogen-bond donors (Lipinski definition) is 4. The normalized spacial score (nSPS) is 26.8. The molecule has 0 amide bonds. The largest absolute Gasteiger partial charge is 0.493 e. The van der Waals surface area contributed by atoms with Gasteiger partial charge in [-0.3, -0.25) is 4.57 Å². The Morgan fingerprint density at radius 1 is 1.19 bits per heavy atom. The molecule has 5 N–H and O–H groups in total. The fourth-order valence-corrected chi connectivity index (χ4v) is 4.21. The fourth-order valence-electron chi connectivity index (χ4n) is 4.21. The van der Waals surface area contributed by atoms with Crippen LogP contribution in [0.5, 0.6) is 11.5 Å². The zero-order chi connectivity index (χ0) is 22.3. The maximum atomic E-state index is 11.2. The lowest BCUT2D eigenvalue weighted by Gasteiger charge is -2.39. The molecule has 1 aromatic carbocycles. The van der Waals surface area contributed by atoms with Crippen molar-refractivity contribution in [2.45, 2.75) is 36.9 Å². The third kappa shape index (κ3) is 3.08. The van der Waals surface area contributed by atoms with Crippen LogP contribution in [-0.4, -0.2) is 74.0 Å². The van der Waals surface area contributed by atoms with Crippen molar-refractivity contribution < 1.29 is 29.5 Å². The first-order chi connectivity index (χ1) is 14.9. The maximum Gasteiger partial charge on any atom is 0.183 e. The molecule has 0 bridgehead atoms. The van der Waals surface area contributed by atoms with Crippen molar-refractivity contribution in [1.29, 1.82) is 0 Å². The predicted molar refractivity (Wildman–Crippen MR) is 110 cm³/mol. The molecule has 11 heteroatoms. The van der Waals surface area contributed by atoms with E-state index in [-0.39, 0.29) is 5.82 Å². The summed E-state index contributed by atoms with van der Waals surface area (Å²) >= 11 is 0. The highest BCUT2D eigenvalue weighted by molar-refractivity contribution is 5.81. The summed E-state index contributed by atoms with van der Waals surface area (Å²) in [6.07, 6.45) is -1.06. The first kappa shape index (κ1) is 21.2. The molecule has 0 saturated carbocycles. The van der Waals surface area contributed by atoms with Gasteiger partial charge in [-0.05, 0) is 17.7 Å². The van der Waals surface area contributed by atoms with Gasteiger partial charge in [0.05, 0.1) is 27.2 Å². The second-order valence-electron chi connectivity index (χ2n) is 7.41. The number of hydrogen-bond acceptors (Lipinski definition) is 10. The molecule has 0 aliphatic carbocycles. The molecule has 1 unspecified atom stereocenters. The van der Waals surface area contributed by atoms with Gasteiger partial charge in [-0.1, -0.05) is 13.0 Å². The standard InChI is InChI=1S/C20H25N5O6/c1-10(11-4-5-12(29-2)13(6-11)30-3)20(17(28)16(27)14(7-26)31-20)25-9-24-15-18(21)22-8-23-19(15)25/h4-6,8-10,14,16-17,26-28H,7H2,1-3H3,(H2,21,22,23)/t10?,14-,16-,17-,20-/m1/s1. The number of nitrogens with zero attached hydrogens (tertiary/aromatic N) is 4. The quantitative estimate of drug-likeness (QED) is 0.418. The topological polar surface area (TPSA) is 158 Å². The Kier molecular flexibility index (Phi) is 5.43. The number of nitrogens with two attached hydrogens (primary N) is 1. The summed E-state index contributed by atoms with van der Waals surface area (Å²) in [6.45, 7) is 1.34. The van der Waals surface area contributed by atoms with Crippen LogP contribution in [0, 0.1) is 0 Å². The molecule has 1 aliphatic heterocycles. The van der Waals surface area contributed by atoms with Crippen molar-refractivity contribution in [1.82, 2.24) is 19.5 Å². The maximum absolute atomic E-state index is 11.2. The summed E-state index contributed by atoms with van der Waals surface area (Å²) in [7, 11) is 3.06. The van der Waals surface area contributed by atoms with Crippen LogP contribution in [0.2, 0.25) is 0 Å². The number of aromatic nitrogens is 4. The molecule has 4 rings (SSSR count). The van der Waals surface area contributed by atoms with Crippen LogP contribution >= 0.6 is 0 Å². The molecular weight excluding hydrogens is 406 g/mol. The number of imidazole rings is 1. The Balaban J connectivity index is 1.93. The molecule has 11 nitrogen and oxygen atoms in total. The summed E-state index contributed by atoms with van der Waals surface area (Å²) in [6, 6.07) is 5.32. The van der Waals surface area contributed by atoms with E-state index in [1.54, 1.807) is 12.1 Å². The number of aliphatic hydroxyl groups excluding tert-OH is 3. The molecule has 1 aliphatic rings. The van der Waals surface area contributed by atoms with Gasteiger partial charge < -0.3 is 35.3 Å². The van der Waals surface area contributed by atoms with Crippen LogP contribution in [0.1, 0.15) is 18.4 Å². The third-order valence-corrected chi connectivity index (χ3v) is 5.91. The number of benzene rings is 1. The number of rotatable bonds is 6. The SMILES string of the molecule is COc1ccc(C(C)[C@@]2(n3cnc4c(N)ncnc43)O[C@H](CO)[C@@H](O)[C@H]2O)cc1OC. The first-order valence-corrected chi connectivity index (χ1v) is 9.69. The van der Waals surface area contributed by atoms with E-state index in [4.69, 9.17) is 19.9 Å². The minimum atomic E-state index is -1.55. The average molecular weight is 431 g/mol. The molecule has 0 radical (unpaired) electrons. The minimum absolute atomic E-state index is 0.171. The van der Waals surface area contributed by atoms with E-state index in [9.17, 15) is 15.3 Å². The van der Waals surface area contributed by atoms with E-state index in [1.807, 2.05) is 13.0 Å². The molecule has 3 heterocycles. The van der Waals surface area contributed by atoms with Gasteiger partial charge in [0.1, 0.15) is 30.2 Å². The predicted octanol–water partition coefficient (Wildman–Crippen LogP) is -0.00490. The Bertz CT molecular complexity index is 1090. The van der Waals surface area contributed by atoms with Gasteiger partial charge >= 0.3 is 0 Å². The minimum Gasteiger partial charge on any atom is -0.493 e. The Hall–Kier alpha value is -2.99. The van der Waals surface area contributed by atoms with Crippen LogP contribution < -0.4 is 15.2 Å². The number of anilines is 1. The third-order valence-electron chi connectivity index (χ3n) is 5.91. The van der Waals surface area contributed by atoms with Crippen LogP contribution in [0.25, 0.3) is 11.2 Å². The molecule has 1 saturated heterocycles. The lowest BCUT2D eigenvalue weighted by atomic mass is 9.84. The van der Waals surface area contributed by atoms with Crippen molar-refractivity contribution >= 4 is 17.0 Å². The summed E-state index contributed by atoms with van der Waals surface area (Å²) in [5, 5.41) is 31.6. The Morgan fingerprint density at radius 2 is 1.94 bits per heavy atom. The van der Waals surface area contributed by atoms with E-state index in [0.29, 0.717) is 22.7 Å². The van der Waals surface area contributed by atoms with Crippen molar-refractivity contribution in [2.75, 3.05) is 26.6 Å². The molecular formula is C20H25N5O6. The van der Waals surface area contributed by atoms with Gasteiger partial charge in [0.15, 0.2) is 28.7 Å². The number of methoxy groups -OCH3 is 2. The Morgan fingerprint density at radius 3 is 2.58 bits per heavy atom. The van der Waals surface area contributed by atoms with Gasteiger partial charge in [-0.25, -0.2) is 15.0 Å². The smallest absolute Gasteiger partial charge is 0.183 e. The highest BCUT2D eigenvalue weighted by Gasteiger charge is 2.59. The van der Waals surface area contributed by atoms with Gasteiger partial charge in [0.2, 0.25) is 0 Å². The van der Waals surface area contributed by atoms with Crippen LogP contribution in [-0.2, 0) is 10.5 Å². The molecule has 5 atom stereocenters. The highest BCUT2D eigenvalue weighted by atomic mass is 16.6. The number of ether oxygens (including phenoxy) is 3. The van der Waals surface area contributed by atoms with E-state index in [0.717, 1.165) is 5.56 Å². The van der Waals surface area contributed by atoms with Gasteiger partial charge in [-0.2, -0.15) is 0 Å². The second-order valence-corrected chi connectivity index (χ2v) is 7.41. The number of aliphatic hydroxyl groups is 3. The van der Waals surface area contributed by atoms with Gasteiger partial charge in [0.25, 0.3) is 0 Å². The van der Waals surface area contributed by atoms with Crippen LogP contribution in [0.3, 0.4) is 0 Å². The van der Waals surface area contributed by atoms with Gasteiger partial charge in [0, 0.05) is 5.92 Å². The molecule has 166 valence electrons. The van der Waals surface area contributed by atoms with Gasteiger partial charge in [-0.15, -0.1) is 0 Å². The van der Waals surface area contributed by atoms with Crippen molar-refractivity contribution in [2.24, 2.45) is 0 Å². The molecule has 2 aromatic heterocycles. The molecule has 1 fully saturated rings. The lowest BCUT2D eigenvalue weighted by Crippen LogP contribution is -2.49. The van der Waals surface area contributed by atoms with Crippen LogP contribution in [0.15, 0.2) is 30.9 Å². The number of nitrogen functional groups attached to an aromatic ring is 1. The summed E-state index contributed by atoms with van der Waals surface area (Å²) in [4.78, 5) is 12.5. The van der Waals surface area contributed by atoms with Crippen molar-refractivity contribution in [3.63, 3.8) is 0 Å².